The van der Waals surface area contributed by atoms with E-state index in [1.165, 1.54) is 0 Å². The van der Waals surface area contributed by atoms with E-state index in [0.29, 0.717) is 19.8 Å². The molecule has 0 aliphatic carbocycles. The summed E-state index contributed by atoms with van der Waals surface area (Å²) >= 11 is 4.14. The number of ether oxygens (including phenoxy) is 2. The average molecular weight is 235 g/mol. The van der Waals surface area contributed by atoms with Crippen molar-refractivity contribution in [2.24, 2.45) is 0 Å². The van der Waals surface area contributed by atoms with E-state index in [-0.39, 0.29) is 17.2 Å². The Hall–Kier alpha value is -0.260. The van der Waals surface area contributed by atoms with Crippen LogP contribution >= 0.6 is 12.6 Å². The summed E-state index contributed by atoms with van der Waals surface area (Å²) in [6.07, 6.45) is 0. The van der Waals surface area contributed by atoms with Gasteiger partial charge in [-0.25, -0.2) is 0 Å². The van der Waals surface area contributed by atoms with Crippen molar-refractivity contribution in [3.63, 3.8) is 0 Å². The Morgan fingerprint density at radius 1 is 1.33 bits per heavy atom. The van der Waals surface area contributed by atoms with E-state index < -0.39 is 0 Å². The van der Waals surface area contributed by atoms with Crippen molar-refractivity contribution in [2.75, 3.05) is 34.0 Å². The second-order valence-corrected chi connectivity index (χ2v) is 4.28. The smallest absolute Gasteiger partial charge is 0.235 e. The molecule has 0 fully saturated rings. The summed E-state index contributed by atoms with van der Waals surface area (Å²) in [6.45, 7) is 5.35. The average Bonchev–Trinajstić information content (AvgIpc) is 2.18. The second-order valence-electron chi connectivity index (χ2n) is 3.50. The number of carbonyl (C=O) groups is 1. The van der Waals surface area contributed by atoms with Crippen molar-refractivity contribution < 1.29 is 14.3 Å². The minimum absolute atomic E-state index is 0.0138. The zero-order valence-electron chi connectivity index (χ0n) is 9.90. The minimum atomic E-state index is -0.291. The maximum absolute atomic E-state index is 11.8. The summed E-state index contributed by atoms with van der Waals surface area (Å²) in [5.74, 6) is 0.0138. The number of amides is 1. The molecule has 90 valence electrons. The molecule has 0 aliphatic heterocycles. The van der Waals surface area contributed by atoms with Gasteiger partial charge < -0.3 is 14.4 Å². The van der Waals surface area contributed by atoms with Gasteiger partial charge in [0.2, 0.25) is 5.91 Å². The maximum Gasteiger partial charge on any atom is 0.235 e. The van der Waals surface area contributed by atoms with Crippen LogP contribution in [0.5, 0.6) is 0 Å². The molecule has 2 atom stereocenters. The third kappa shape index (κ3) is 5.39. The summed E-state index contributed by atoms with van der Waals surface area (Å²) < 4.78 is 10.0. The van der Waals surface area contributed by atoms with E-state index in [9.17, 15) is 4.79 Å². The van der Waals surface area contributed by atoms with Crippen LogP contribution in [0.2, 0.25) is 0 Å². The van der Waals surface area contributed by atoms with Crippen LogP contribution in [0.25, 0.3) is 0 Å². The molecule has 0 aromatic carbocycles. The lowest BCUT2D eigenvalue weighted by Crippen LogP contribution is -2.45. The largest absolute Gasteiger partial charge is 0.383 e. The number of methoxy groups -OCH3 is 2. The Kier molecular flexibility index (Phi) is 7.82. The lowest BCUT2D eigenvalue weighted by Gasteiger charge is -2.29. The third-order valence-electron chi connectivity index (χ3n) is 2.12. The molecule has 0 saturated carbocycles. The highest BCUT2D eigenvalue weighted by Gasteiger charge is 2.22. The zero-order chi connectivity index (χ0) is 11.8. The fraction of sp³-hybridized carbons (Fsp3) is 0.900. The lowest BCUT2D eigenvalue weighted by atomic mass is 10.2. The molecule has 15 heavy (non-hydrogen) atoms. The van der Waals surface area contributed by atoms with Gasteiger partial charge in [0.25, 0.3) is 0 Å². The molecular formula is C10H21NO3S. The van der Waals surface area contributed by atoms with Crippen LogP contribution in [0.4, 0.5) is 0 Å². The third-order valence-corrected chi connectivity index (χ3v) is 2.34. The van der Waals surface area contributed by atoms with Crippen LogP contribution in [-0.2, 0) is 14.3 Å². The van der Waals surface area contributed by atoms with Crippen molar-refractivity contribution in [1.82, 2.24) is 4.90 Å². The van der Waals surface area contributed by atoms with Crippen molar-refractivity contribution in [1.29, 1.82) is 0 Å². The van der Waals surface area contributed by atoms with Crippen molar-refractivity contribution in [3.05, 3.63) is 0 Å². The number of rotatable bonds is 7. The predicted molar refractivity (Wildman–Crippen MR) is 63.4 cm³/mol. The SMILES string of the molecule is COCCN(C(=O)C(C)S)C(C)COC. The number of thiol groups is 1. The van der Waals surface area contributed by atoms with Crippen LogP contribution in [-0.4, -0.2) is 56.1 Å². The molecular weight excluding hydrogens is 214 g/mol. The Bertz CT molecular complexity index is 188. The second kappa shape index (κ2) is 7.96. The molecule has 0 N–H and O–H groups in total. The van der Waals surface area contributed by atoms with Gasteiger partial charge in [-0.15, -0.1) is 0 Å². The molecule has 4 nitrogen and oxygen atoms in total. The van der Waals surface area contributed by atoms with Gasteiger partial charge in [0.15, 0.2) is 0 Å². The molecule has 0 aliphatic rings. The maximum atomic E-state index is 11.8. The summed E-state index contributed by atoms with van der Waals surface area (Å²) in [6, 6.07) is 0.0484. The van der Waals surface area contributed by atoms with E-state index in [2.05, 4.69) is 12.6 Å². The molecule has 2 unspecified atom stereocenters. The van der Waals surface area contributed by atoms with Crippen molar-refractivity contribution in [2.45, 2.75) is 25.1 Å². The Labute approximate surface area is 97.3 Å². The van der Waals surface area contributed by atoms with Gasteiger partial charge in [-0.05, 0) is 13.8 Å². The van der Waals surface area contributed by atoms with E-state index >= 15 is 0 Å². The Morgan fingerprint density at radius 3 is 2.33 bits per heavy atom. The molecule has 0 aromatic heterocycles. The first-order valence-electron chi connectivity index (χ1n) is 5.01. The predicted octanol–water partition coefficient (Wildman–Crippen LogP) is 0.815. The molecule has 0 bridgehead atoms. The Balaban J connectivity index is 4.35. The van der Waals surface area contributed by atoms with Crippen LogP contribution in [0.3, 0.4) is 0 Å². The molecule has 0 rings (SSSR count). The minimum Gasteiger partial charge on any atom is -0.383 e. The quantitative estimate of drug-likeness (QED) is 0.664. The van der Waals surface area contributed by atoms with Gasteiger partial charge in [-0.3, -0.25) is 4.79 Å². The van der Waals surface area contributed by atoms with Crippen LogP contribution in [0.1, 0.15) is 13.8 Å². The Morgan fingerprint density at radius 2 is 1.93 bits per heavy atom. The highest BCUT2D eigenvalue weighted by molar-refractivity contribution is 7.81. The van der Waals surface area contributed by atoms with Crippen molar-refractivity contribution >= 4 is 18.5 Å². The molecule has 0 heterocycles. The van der Waals surface area contributed by atoms with Crippen molar-refractivity contribution in [3.8, 4) is 0 Å². The van der Waals surface area contributed by atoms with Gasteiger partial charge in [0.05, 0.1) is 24.5 Å². The first-order valence-corrected chi connectivity index (χ1v) is 5.52. The molecule has 1 amide bonds. The van der Waals surface area contributed by atoms with E-state index in [0.717, 1.165) is 0 Å². The number of carbonyl (C=O) groups excluding carboxylic acids is 1. The standard InChI is InChI=1S/C10H21NO3S/c1-8(7-14-4)11(5-6-13-3)10(12)9(2)15/h8-9,15H,5-7H2,1-4H3. The molecule has 0 aromatic rings. The number of nitrogens with zero attached hydrogens (tertiary/aromatic N) is 1. The normalized spacial score (nSPS) is 14.7. The van der Waals surface area contributed by atoms with Gasteiger partial charge in [0.1, 0.15) is 0 Å². The van der Waals surface area contributed by atoms with E-state index in [4.69, 9.17) is 9.47 Å². The molecule has 0 spiro atoms. The highest BCUT2D eigenvalue weighted by atomic mass is 32.1. The van der Waals surface area contributed by atoms with Gasteiger partial charge in [-0.2, -0.15) is 12.6 Å². The summed E-state index contributed by atoms with van der Waals surface area (Å²) in [4.78, 5) is 13.5. The molecule has 0 saturated heterocycles. The topological polar surface area (TPSA) is 38.8 Å². The van der Waals surface area contributed by atoms with E-state index in [1.54, 1.807) is 26.0 Å². The van der Waals surface area contributed by atoms with Gasteiger partial charge in [-0.1, -0.05) is 0 Å². The molecule has 5 heteroatoms. The first-order chi connectivity index (χ1) is 7.04. The summed E-state index contributed by atoms with van der Waals surface area (Å²) in [5, 5.41) is -0.291. The van der Waals surface area contributed by atoms with Crippen LogP contribution < -0.4 is 0 Å². The van der Waals surface area contributed by atoms with Crippen LogP contribution in [0, 0.1) is 0 Å². The fourth-order valence-electron chi connectivity index (χ4n) is 1.31. The van der Waals surface area contributed by atoms with Gasteiger partial charge in [0, 0.05) is 20.8 Å². The zero-order valence-corrected chi connectivity index (χ0v) is 10.8. The first kappa shape index (κ1) is 14.7. The lowest BCUT2D eigenvalue weighted by molar-refractivity contribution is -0.134. The molecule has 0 radical (unpaired) electrons. The number of hydrogen-bond acceptors (Lipinski definition) is 4. The monoisotopic (exact) mass is 235 g/mol. The van der Waals surface area contributed by atoms with Crippen LogP contribution in [0.15, 0.2) is 0 Å². The fourth-order valence-corrected chi connectivity index (χ4v) is 1.46. The highest BCUT2D eigenvalue weighted by Crippen LogP contribution is 2.06. The summed E-state index contributed by atoms with van der Waals surface area (Å²) in [7, 11) is 3.24. The number of hydrogen-bond donors (Lipinski definition) is 1. The van der Waals surface area contributed by atoms with E-state index in [1.807, 2.05) is 6.92 Å². The van der Waals surface area contributed by atoms with Gasteiger partial charge >= 0.3 is 0 Å². The summed E-state index contributed by atoms with van der Waals surface area (Å²) in [5.41, 5.74) is 0.